The number of nitrogens with one attached hydrogen (secondary N) is 1. The Hall–Kier alpha value is -2.13. The van der Waals surface area contributed by atoms with Crippen LogP contribution in [0.1, 0.15) is 17.5 Å². The maximum absolute atomic E-state index is 11.8. The first-order valence-electron chi connectivity index (χ1n) is 7.34. The lowest BCUT2D eigenvalue weighted by Crippen LogP contribution is -2.38. The Bertz CT molecular complexity index is 540. The zero-order valence-corrected chi connectivity index (χ0v) is 12.2. The fraction of sp³-hybridized carbons (Fsp3) is 0.278. The summed E-state index contributed by atoms with van der Waals surface area (Å²) in [6.07, 6.45) is 2.22. The molecule has 0 fully saturated rings. The summed E-state index contributed by atoms with van der Waals surface area (Å²) in [6.45, 7) is 0.526. The van der Waals surface area contributed by atoms with E-state index in [1.807, 2.05) is 48.5 Å². The summed E-state index contributed by atoms with van der Waals surface area (Å²) in [7, 11) is 0. The van der Waals surface area contributed by atoms with E-state index in [-0.39, 0.29) is 11.9 Å². The summed E-state index contributed by atoms with van der Waals surface area (Å²) in [5.74, 6) is 0.0244. The number of amides is 1. The highest BCUT2D eigenvalue weighted by Gasteiger charge is 2.07. The molecule has 2 aromatic carbocycles. The molecule has 2 aromatic rings. The first-order valence-corrected chi connectivity index (χ1v) is 7.34. The minimum absolute atomic E-state index is 0.00932. The largest absolute Gasteiger partial charge is 0.354 e. The third-order valence-electron chi connectivity index (χ3n) is 3.42. The Morgan fingerprint density at radius 3 is 2.14 bits per heavy atom. The highest BCUT2D eigenvalue weighted by atomic mass is 16.1. The second kappa shape index (κ2) is 8.22. The molecule has 1 amide bonds. The topological polar surface area (TPSA) is 55.1 Å². The van der Waals surface area contributed by atoms with Crippen molar-refractivity contribution < 1.29 is 4.79 Å². The van der Waals surface area contributed by atoms with E-state index in [0.29, 0.717) is 13.0 Å². The number of hydrogen-bond donors (Lipinski definition) is 2. The molecule has 0 saturated carbocycles. The van der Waals surface area contributed by atoms with Gasteiger partial charge in [0.05, 0.1) is 6.42 Å². The van der Waals surface area contributed by atoms with Crippen LogP contribution in [-0.4, -0.2) is 18.5 Å². The summed E-state index contributed by atoms with van der Waals surface area (Å²) < 4.78 is 0. The van der Waals surface area contributed by atoms with Crippen molar-refractivity contribution in [2.75, 3.05) is 6.54 Å². The summed E-state index contributed by atoms with van der Waals surface area (Å²) in [5.41, 5.74) is 8.35. The molecule has 3 N–H and O–H groups in total. The lowest BCUT2D eigenvalue weighted by atomic mass is 10.1. The molecule has 0 saturated heterocycles. The average Bonchev–Trinajstić information content (AvgIpc) is 2.53. The molecule has 110 valence electrons. The van der Waals surface area contributed by atoms with Crippen LogP contribution in [0.15, 0.2) is 60.7 Å². The maximum Gasteiger partial charge on any atom is 0.224 e. The van der Waals surface area contributed by atoms with Crippen LogP contribution in [0.25, 0.3) is 0 Å². The summed E-state index contributed by atoms with van der Waals surface area (Å²) in [4.78, 5) is 11.8. The number of rotatable bonds is 7. The molecule has 0 spiro atoms. The van der Waals surface area contributed by atoms with Crippen molar-refractivity contribution in [1.29, 1.82) is 0 Å². The van der Waals surface area contributed by atoms with E-state index in [1.54, 1.807) is 0 Å². The first-order chi connectivity index (χ1) is 10.2. The smallest absolute Gasteiger partial charge is 0.224 e. The van der Waals surface area contributed by atoms with Crippen molar-refractivity contribution in [2.24, 2.45) is 5.73 Å². The minimum Gasteiger partial charge on any atom is -0.354 e. The van der Waals surface area contributed by atoms with Gasteiger partial charge >= 0.3 is 0 Å². The Morgan fingerprint density at radius 1 is 0.952 bits per heavy atom. The predicted octanol–water partition coefficient (Wildman–Crippen LogP) is 2.31. The molecule has 0 aliphatic heterocycles. The zero-order valence-electron chi connectivity index (χ0n) is 12.2. The Kier molecular flexibility index (Phi) is 5.98. The van der Waals surface area contributed by atoms with Gasteiger partial charge in [0, 0.05) is 12.6 Å². The van der Waals surface area contributed by atoms with E-state index in [2.05, 4.69) is 17.4 Å². The average molecular weight is 282 g/mol. The van der Waals surface area contributed by atoms with E-state index < -0.39 is 0 Å². The van der Waals surface area contributed by atoms with Gasteiger partial charge in [-0.1, -0.05) is 60.7 Å². The molecular weight excluding hydrogens is 260 g/mol. The normalized spacial score (nSPS) is 11.9. The zero-order chi connectivity index (χ0) is 14.9. The molecule has 0 bridgehead atoms. The van der Waals surface area contributed by atoms with Gasteiger partial charge in [0.2, 0.25) is 5.91 Å². The lowest BCUT2D eigenvalue weighted by Gasteiger charge is -2.13. The molecule has 3 heteroatoms. The second-order valence-corrected chi connectivity index (χ2v) is 5.25. The molecule has 1 unspecified atom stereocenters. The van der Waals surface area contributed by atoms with Crippen LogP contribution < -0.4 is 11.1 Å². The third kappa shape index (κ3) is 5.79. The molecule has 0 aromatic heterocycles. The van der Waals surface area contributed by atoms with Crippen molar-refractivity contribution in [1.82, 2.24) is 5.32 Å². The lowest BCUT2D eigenvalue weighted by molar-refractivity contribution is -0.120. The van der Waals surface area contributed by atoms with Crippen LogP contribution in [0.5, 0.6) is 0 Å². The van der Waals surface area contributed by atoms with Crippen LogP contribution in [0.4, 0.5) is 0 Å². The summed E-state index contributed by atoms with van der Waals surface area (Å²) >= 11 is 0. The van der Waals surface area contributed by atoms with Gasteiger partial charge in [0.1, 0.15) is 0 Å². The molecule has 0 heterocycles. The standard InChI is InChI=1S/C18H22N2O/c19-17(12-11-15-7-3-1-4-8-15)14-20-18(21)13-16-9-5-2-6-10-16/h1-10,17H,11-14,19H2,(H,20,21). The minimum atomic E-state index is -0.00932. The van der Waals surface area contributed by atoms with Gasteiger partial charge in [-0.3, -0.25) is 4.79 Å². The van der Waals surface area contributed by atoms with Crippen molar-refractivity contribution >= 4 is 5.91 Å². The van der Waals surface area contributed by atoms with Crippen LogP contribution in [0.3, 0.4) is 0 Å². The van der Waals surface area contributed by atoms with Gasteiger partial charge in [-0.25, -0.2) is 0 Å². The molecule has 21 heavy (non-hydrogen) atoms. The van der Waals surface area contributed by atoms with Crippen molar-refractivity contribution in [3.63, 3.8) is 0 Å². The highest BCUT2D eigenvalue weighted by molar-refractivity contribution is 5.78. The van der Waals surface area contributed by atoms with Crippen molar-refractivity contribution in [2.45, 2.75) is 25.3 Å². The maximum atomic E-state index is 11.8. The Morgan fingerprint density at radius 2 is 1.52 bits per heavy atom. The van der Waals surface area contributed by atoms with E-state index >= 15 is 0 Å². The SMILES string of the molecule is NC(CCc1ccccc1)CNC(=O)Cc1ccccc1. The van der Waals surface area contributed by atoms with E-state index in [4.69, 9.17) is 5.73 Å². The number of nitrogens with two attached hydrogens (primary N) is 1. The number of aryl methyl sites for hydroxylation is 1. The molecule has 0 radical (unpaired) electrons. The molecule has 0 aliphatic carbocycles. The van der Waals surface area contributed by atoms with Gasteiger partial charge < -0.3 is 11.1 Å². The van der Waals surface area contributed by atoms with Gasteiger partial charge in [0.15, 0.2) is 0 Å². The van der Waals surface area contributed by atoms with Gasteiger partial charge in [-0.05, 0) is 24.0 Å². The third-order valence-corrected chi connectivity index (χ3v) is 3.42. The molecule has 1 atom stereocenters. The highest BCUT2D eigenvalue weighted by Crippen LogP contribution is 2.04. The van der Waals surface area contributed by atoms with Gasteiger partial charge in [0.25, 0.3) is 0 Å². The molecular formula is C18H22N2O. The molecule has 2 rings (SSSR count). The summed E-state index contributed by atoms with van der Waals surface area (Å²) in [6, 6.07) is 20.0. The second-order valence-electron chi connectivity index (χ2n) is 5.25. The number of carbonyl (C=O) groups is 1. The Labute approximate surface area is 126 Å². The van der Waals surface area contributed by atoms with Crippen LogP contribution in [0, 0.1) is 0 Å². The van der Waals surface area contributed by atoms with Crippen LogP contribution in [0.2, 0.25) is 0 Å². The van der Waals surface area contributed by atoms with Gasteiger partial charge in [-0.2, -0.15) is 0 Å². The van der Waals surface area contributed by atoms with Crippen molar-refractivity contribution in [3.05, 3.63) is 71.8 Å². The monoisotopic (exact) mass is 282 g/mol. The van der Waals surface area contributed by atoms with Gasteiger partial charge in [-0.15, -0.1) is 0 Å². The molecule has 3 nitrogen and oxygen atoms in total. The van der Waals surface area contributed by atoms with E-state index in [0.717, 1.165) is 18.4 Å². The predicted molar refractivity (Wildman–Crippen MR) is 85.9 cm³/mol. The fourth-order valence-corrected chi connectivity index (χ4v) is 2.19. The number of carbonyl (C=O) groups excluding carboxylic acids is 1. The quantitative estimate of drug-likeness (QED) is 0.818. The Balaban J connectivity index is 1.66. The van der Waals surface area contributed by atoms with E-state index in [9.17, 15) is 4.79 Å². The van der Waals surface area contributed by atoms with Crippen molar-refractivity contribution in [3.8, 4) is 0 Å². The van der Waals surface area contributed by atoms with Crippen LogP contribution in [-0.2, 0) is 17.6 Å². The number of benzene rings is 2. The number of hydrogen-bond acceptors (Lipinski definition) is 2. The fourth-order valence-electron chi connectivity index (χ4n) is 2.19. The first kappa shape index (κ1) is 15.3. The molecule has 0 aliphatic rings. The van der Waals surface area contributed by atoms with Crippen LogP contribution >= 0.6 is 0 Å². The van der Waals surface area contributed by atoms with E-state index in [1.165, 1.54) is 5.56 Å². The summed E-state index contributed by atoms with van der Waals surface area (Å²) in [5, 5.41) is 2.90.